The number of rotatable bonds is 16. The lowest BCUT2D eigenvalue weighted by Crippen LogP contribution is -2.29. The fraction of sp³-hybridized carbons (Fsp3) is 0.134. The number of aliphatic hydroxyl groups is 2. The van der Waals surface area contributed by atoms with Crippen LogP contribution in [0.1, 0.15) is 36.1 Å². The smallest absolute Gasteiger partial charge is 0.333 e. The molecule has 8 heteroatoms. The number of fused-ring (bicyclic) bond motifs is 7. The number of ether oxygens (including phenoxy) is 4. The van der Waals surface area contributed by atoms with Crippen LogP contribution in [0, 0.1) is 0 Å². The van der Waals surface area contributed by atoms with Crippen molar-refractivity contribution < 1.29 is 38.7 Å². The summed E-state index contributed by atoms with van der Waals surface area (Å²) in [5.41, 5.74) is 10.1. The molecule has 0 aromatic heterocycles. The van der Waals surface area contributed by atoms with Crippen LogP contribution in [0.25, 0.3) is 76.5 Å². The summed E-state index contributed by atoms with van der Waals surface area (Å²) in [4.78, 5) is 24.4. The second-order valence-corrected chi connectivity index (χ2v) is 19.4. The van der Waals surface area contributed by atoms with Crippen LogP contribution >= 0.6 is 0 Å². The highest BCUT2D eigenvalue weighted by atomic mass is 16.6. The number of benzene rings is 10. The minimum absolute atomic E-state index is 0.120. The molecule has 1 aliphatic carbocycles. The Labute approximate surface area is 435 Å². The quantitative estimate of drug-likeness (QED) is 0.0727. The number of carbonyl (C=O) groups is 2. The maximum absolute atomic E-state index is 12.2. The maximum Gasteiger partial charge on any atom is 0.333 e. The zero-order valence-electron chi connectivity index (χ0n) is 41.7. The van der Waals surface area contributed by atoms with E-state index in [-0.39, 0.29) is 37.6 Å². The van der Waals surface area contributed by atoms with Crippen molar-refractivity contribution in [2.75, 3.05) is 26.4 Å². The number of esters is 2. The van der Waals surface area contributed by atoms with Gasteiger partial charge in [0.05, 0.1) is 5.41 Å². The molecule has 0 amide bonds. The number of aliphatic hydroxyl groups excluding tert-OH is 2. The van der Waals surface area contributed by atoms with Crippen LogP contribution in [0.2, 0.25) is 0 Å². The second kappa shape index (κ2) is 20.2. The van der Waals surface area contributed by atoms with Crippen LogP contribution in [0.4, 0.5) is 0 Å². The normalized spacial score (nSPS) is 13.2. The molecule has 0 heterocycles. The molecule has 75 heavy (non-hydrogen) atoms. The second-order valence-electron chi connectivity index (χ2n) is 19.4. The van der Waals surface area contributed by atoms with E-state index in [1.165, 1.54) is 0 Å². The predicted octanol–water partition coefficient (Wildman–Crippen LogP) is 13.7. The minimum atomic E-state index is -1.09. The summed E-state index contributed by atoms with van der Waals surface area (Å²) < 4.78 is 23.4. The van der Waals surface area contributed by atoms with Gasteiger partial charge in [-0.1, -0.05) is 171 Å². The average Bonchev–Trinajstić information content (AvgIpc) is 3.73. The first-order valence-electron chi connectivity index (χ1n) is 25.1. The molecule has 10 aromatic carbocycles. The van der Waals surface area contributed by atoms with Crippen molar-refractivity contribution in [3.05, 3.63) is 241 Å². The number of carbonyl (C=O) groups excluding carboxylic acids is 2. The van der Waals surface area contributed by atoms with Gasteiger partial charge in [-0.25, -0.2) is 9.59 Å². The molecule has 0 fully saturated rings. The van der Waals surface area contributed by atoms with Crippen LogP contribution in [0.3, 0.4) is 0 Å². The average molecular weight is 987 g/mol. The Hall–Kier alpha value is -8.82. The van der Waals surface area contributed by atoms with Crippen LogP contribution in [0.15, 0.2) is 218 Å². The molecule has 0 bridgehead atoms. The Kier molecular flexibility index (Phi) is 13.1. The van der Waals surface area contributed by atoms with Crippen molar-refractivity contribution in [1.29, 1.82) is 0 Å². The molecule has 0 saturated carbocycles. The van der Waals surface area contributed by atoms with Crippen molar-refractivity contribution in [2.45, 2.75) is 31.5 Å². The van der Waals surface area contributed by atoms with Crippen LogP contribution in [0.5, 0.6) is 11.5 Å². The molecule has 8 nitrogen and oxygen atoms in total. The summed E-state index contributed by atoms with van der Waals surface area (Å²) >= 11 is 0. The minimum Gasteiger partial charge on any atom is -0.490 e. The van der Waals surface area contributed by atoms with Gasteiger partial charge < -0.3 is 29.2 Å². The Balaban J connectivity index is 1.15. The largest absolute Gasteiger partial charge is 0.490 e. The summed E-state index contributed by atoms with van der Waals surface area (Å²) in [7, 11) is 0. The van der Waals surface area contributed by atoms with Gasteiger partial charge in [-0.3, -0.25) is 0 Å². The van der Waals surface area contributed by atoms with E-state index in [4.69, 9.17) is 18.9 Å². The van der Waals surface area contributed by atoms with E-state index in [0.29, 0.717) is 11.5 Å². The molecular weight excluding hydrogens is 933 g/mol. The van der Waals surface area contributed by atoms with Gasteiger partial charge in [-0.05, 0) is 138 Å². The molecule has 2 unspecified atom stereocenters. The highest BCUT2D eigenvalue weighted by Gasteiger charge is 2.48. The monoisotopic (exact) mass is 986 g/mol. The van der Waals surface area contributed by atoms with Gasteiger partial charge in [0.25, 0.3) is 0 Å². The third kappa shape index (κ3) is 9.09. The first kappa shape index (κ1) is 48.4. The number of hydrogen-bond acceptors (Lipinski definition) is 8. The standard InChI is InChI=1S/C67H54O8/c1-41(2)65(70)74-39-51(68)37-72-63-23-11-17-53-57(63)19-9-21-59(53)67(60-22-10-20-58-54(60)18-12-24-64(58)73-38-52(69)40-75-66(71)42(3)4)61-35-49(47-27-25-43-13-5-7-15-45(43)33-47)29-31-55(61)56-32-30-50(36-62(56)67)48-28-26-44-14-6-8-16-46(44)34-48/h5-36,51-52,68-69H,1,3,37-40H2,2,4H3. The lowest BCUT2D eigenvalue weighted by Gasteiger charge is -2.36. The molecule has 10 aromatic rings. The SMILES string of the molecule is C=C(C)C(=O)OCC(O)COc1cccc2c(C3(c4cccc5c(OCC(O)COC(=O)C(=C)C)cccc45)c4cc(-c5ccc6ccccc6c5)ccc4-c4ccc(-c5ccc6ccccc6c5)cc43)cccc12. The lowest BCUT2D eigenvalue weighted by atomic mass is 9.65. The van der Waals surface area contributed by atoms with E-state index >= 15 is 0 Å². The molecular formula is C67H54O8. The highest BCUT2D eigenvalue weighted by Crippen LogP contribution is 2.60. The van der Waals surface area contributed by atoms with Crippen LogP contribution in [-0.4, -0.2) is 60.8 Å². The first-order valence-corrected chi connectivity index (χ1v) is 25.1. The molecule has 0 radical (unpaired) electrons. The summed E-state index contributed by atoms with van der Waals surface area (Å²) in [6.07, 6.45) is -2.18. The molecule has 1 aliphatic rings. The first-order chi connectivity index (χ1) is 36.5. The fourth-order valence-corrected chi connectivity index (χ4v) is 10.7. The van der Waals surface area contributed by atoms with Crippen molar-refractivity contribution in [3.8, 4) is 44.9 Å². The van der Waals surface area contributed by atoms with Crippen molar-refractivity contribution in [3.63, 3.8) is 0 Å². The van der Waals surface area contributed by atoms with Gasteiger partial charge in [-0.15, -0.1) is 0 Å². The van der Waals surface area contributed by atoms with E-state index < -0.39 is 29.6 Å². The lowest BCUT2D eigenvalue weighted by molar-refractivity contribution is -0.143. The highest BCUT2D eigenvalue weighted by molar-refractivity contribution is 6.02. The van der Waals surface area contributed by atoms with Crippen LogP contribution < -0.4 is 9.47 Å². The molecule has 11 rings (SSSR count). The van der Waals surface area contributed by atoms with Crippen molar-refractivity contribution in [1.82, 2.24) is 0 Å². The Morgan fingerprint density at radius 3 is 1.21 bits per heavy atom. The molecule has 370 valence electrons. The van der Waals surface area contributed by atoms with Gasteiger partial charge in [0.2, 0.25) is 0 Å². The molecule has 0 saturated heterocycles. The maximum atomic E-state index is 12.2. The van der Waals surface area contributed by atoms with E-state index in [1.807, 2.05) is 36.4 Å². The third-order valence-corrected chi connectivity index (χ3v) is 14.2. The predicted molar refractivity (Wildman–Crippen MR) is 299 cm³/mol. The number of hydrogen-bond donors (Lipinski definition) is 2. The van der Waals surface area contributed by atoms with Crippen molar-refractivity contribution in [2.24, 2.45) is 0 Å². The van der Waals surface area contributed by atoms with Gasteiger partial charge in [0, 0.05) is 21.9 Å². The third-order valence-electron chi connectivity index (χ3n) is 14.2. The summed E-state index contributed by atoms with van der Waals surface area (Å²) in [5, 5.41) is 30.1. The summed E-state index contributed by atoms with van der Waals surface area (Å²) in [5.74, 6) is -0.0384. The van der Waals surface area contributed by atoms with Gasteiger partial charge in [-0.2, -0.15) is 0 Å². The van der Waals surface area contributed by atoms with Gasteiger partial charge in [0.15, 0.2) is 0 Å². The fourth-order valence-electron chi connectivity index (χ4n) is 10.7. The topological polar surface area (TPSA) is 112 Å². The van der Waals surface area contributed by atoms with E-state index in [0.717, 1.165) is 98.7 Å². The van der Waals surface area contributed by atoms with Gasteiger partial charge >= 0.3 is 11.9 Å². The van der Waals surface area contributed by atoms with Crippen LogP contribution in [-0.2, 0) is 24.5 Å². The zero-order chi connectivity index (χ0) is 51.8. The van der Waals surface area contributed by atoms with Gasteiger partial charge in [0.1, 0.15) is 50.1 Å². The molecule has 0 spiro atoms. The Bertz CT molecular complexity index is 3650. The van der Waals surface area contributed by atoms with E-state index in [2.05, 4.69) is 171 Å². The van der Waals surface area contributed by atoms with E-state index in [9.17, 15) is 19.8 Å². The van der Waals surface area contributed by atoms with E-state index in [1.54, 1.807) is 13.8 Å². The molecule has 2 atom stereocenters. The Morgan fingerprint density at radius 1 is 0.413 bits per heavy atom. The van der Waals surface area contributed by atoms with Crippen molar-refractivity contribution >= 4 is 55.0 Å². The Morgan fingerprint density at radius 2 is 0.787 bits per heavy atom. The summed E-state index contributed by atoms with van der Waals surface area (Å²) in [6.45, 7) is 9.70. The molecule has 0 aliphatic heterocycles. The molecule has 2 N–H and O–H groups in total. The summed E-state index contributed by atoms with van der Waals surface area (Å²) in [6, 6.07) is 68.4. The zero-order valence-corrected chi connectivity index (χ0v) is 41.7.